The van der Waals surface area contributed by atoms with Gasteiger partial charge in [-0.05, 0) is 18.6 Å². The standard InChI is InChI=1S/C11H13FOS/c1-2-5-9(13)8-14-11-7-4-3-6-10(11)12/h2-4,6-7,9,13H,1,5,8H2. The average molecular weight is 212 g/mol. The molecule has 14 heavy (non-hydrogen) atoms. The molecule has 0 radical (unpaired) electrons. The van der Waals surface area contributed by atoms with Crippen LogP contribution < -0.4 is 0 Å². The second-order valence-electron chi connectivity index (χ2n) is 2.92. The van der Waals surface area contributed by atoms with E-state index < -0.39 is 6.10 Å². The fourth-order valence-corrected chi connectivity index (χ4v) is 1.90. The molecule has 76 valence electrons. The zero-order valence-corrected chi connectivity index (χ0v) is 8.64. The summed E-state index contributed by atoms with van der Waals surface area (Å²) >= 11 is 1.32. The molecule has 1 N–H and O–H groups in total. The minimum Gasteiger partial charge on any atom is -0.392 e. The fourth-order valence-electron chi connectivity index (χ4n) is 1.01. The van der Waals surface area contributed by atoms with Gasteiger partial charge in [-0.3, -0.25) is 0 Å². The van der Waals surface area contributed by atoms with Crippen LogP contribution in [-0.4, -0.2) is 17.0 Å². The molecule has 1 atom stereocenters. The second kappa shape index (κ2) is 5.83. The predicted octanol–water partition coefficient (Wildman–Crippen LogP) is 2.85. The molecule has 0 bridgehead atoms. The van der Waals surface area contributed by atoms with E-state index in [9.17, 15) is 9.50 Å². The molecule has 1 nitrogen and oxygen atoms in total. The van der Waals surface area contributed by atoms with Crippen molar-refractivity contribution in [3.8, 4) is 0 Å². The minimum absolute atomic E-state index is 0.233. The summed E-state index contributed by atoms with van der Waals surface area (Å²) in [7, 11) is 0. The Kier molecular flexibility index (Phi) is 4.70. The summed E-state index contributed by atoms with van der Waals surface area (Å²) in [6.45, 7) is 3.53. The second-order valence-corrected chi connectivity index (χ2v) is 3.98. The number of benzene rings is 1. The zero-order chi connectivity index (χ0) is 10.4. The van der Waals surface area contributed by atoms with Gasteiger partial charge in [0.25, 0.3) is 0 Å². The third kappa shape index (κ3) is 3.52. The van der Waals surface area contributed by atoms with Gasteiger partial charge in [0.15, 0.2) is 0 Å². The maximum Gasteiger partial charge on any atom is 0.136 e. The smallest absolute Gasteiger partial charge is 0.136 e. The van der Waals surface area contributed by atoms with Crippen molar-refractivity contribution in [3.63, 3.8) is 0 Å². The van der Waals surface area contributed by atoms with Crippen LogP contribution in [0.5, 0.6) is 0 Å². The number of halogens is 1. The molecule has 1 aromatic rings. The molecule has 0 saturated heterocycles. The van der Waals surface area contributed by atoms with Gasteiger partial charge in [-0.25, -0.2) is 4.39 Å². The van der Waals surface area contributed by atoms with Crippen molar-refractivity contribution in [1.29, 1.82) is 0 Å². The van der Waals surface area contributed by atoms with E-state index in [1.165, 1.54) is 17.8 Å². The molecule has 0 heterocycles. The van der Waals surface area contributed by atoms with Crippen LogP contribution in [0.2, 0.25) is 0 Å². The lowest BCUT2D eigenvalue weighted by Gasteiger charge is -2.07. The summed E-state index contributed by atoms with van der Waals surface area (Å²) < 4.78 is 13.1. The third-order valence-corrected chi connectivity index (χ3v) is 2.90. The van der Waals surface area contributed by atoms with E-state index in [-0.39, 0.29) is 5.82 Å². The van der Waals surface area contributed by atoms with Gasteiger partial charge in [-0.15, -0.1) is 18.3 Å². The largest absolute Gasteiger partial charge is 0.392 e. The predicted molar refractivity (Wildman–Crippen MR) is 57.9 cm³/mol. The molecule has 0 aromatic heterocycles. The molecule has 1 aromatic carbocycles. The van der Waals surface area contributed by atoms with Crippen molar-refractivity contribution in [2.24, 2.45) is 0 Å². The van der Waals surface area contributed by atoms with Crippen molar-refractivity contribution in [2.75, 3.05) is 5.75 Å². The number of aliphatic hydroxyl groups excluding tert-OH is 1. The van der Waals surface area contributed by atoms with Crippen LogP contribution in [0.4, 0.5) is 4.39 Å². The molecular weight excluding hydrogens is 199 g/mol. The van der Waals surface area contributed by atoms with Crippen LogP contribution in [-0.2, 0) is 0 Å². The molecule has 1 unspecified atom stereocenters. The Balaban J connectivity index is 2.45. The monoisotopic (exact) mass is 212 g/mol. The Morgan fingerprint density at radius 3 is 2.86 bits per heavy atom. The van der Waals surface area contributed by atoms with E-state index in [0.29, 0.717) is 17.1 Å². The van der Waals surface area contributed by atoms with Gasteiger partial charge < -0.3 is 5.11 Å². The zero-order valence-electron chi connectivity index (χ0n) is 7.82. The van der Waals surface area contributed by atoms with Gasteiger partial charge in [0.2, 0.25) is 0 Å². The number of rotatable bonds is 5. The summed E-state index contributed by atoms with van der Waals surface area (Å²) in [6.07, 6.45) is 1.76. The summed E-state index contributed by atoms with van der Waals surface area (Å²) in [4.78, 5) is 0.579. The molecule has 0 fully saturated rings. The SMILES string of the molecule is C=CCC(O)CSc1ccccc1F. The van der Waals surface area contributed by atoms with Crippen molar-refractivity contribution >= 4 is 11.8 Å². The number of hydrogen-bond acceptors (Lipinski definition) is 2. The molecule has 0 spiro atoms. The number of aliphatic hydroxyl groups is 1. The fraction of sp³-hybridized carbons (Fsp3) is 0.273. The van der Waals surface area contributed by atoms with Gasteiger partial charge in [0, 0.05) is 10.6 Å². The lowest BCUT2D eigenvalue weighted by molar-refractivity contribution is 0.203. The van der Waals surface area contributed by atoms with E-state index in [0.717, 1.165) is 0 Å². The summed E-state index contributed by atoms with van der Waals surface area (Å²) in [5, 5.41) is 9.39. The van der Waals surface area contributed by atoms with Crippen molar-refractivity contribution < 1.29 is 9.50 Å². The van der Waals surface area contributed by atoms with Gasteiger partial charge in [-0.2, -0.15) is 0 Å². The normalized spacial score (nSPS) is 12.4. The Morgan fingerprint density at radius 1 is 1.50 bits per heavy atom. The molecule has 1 rings (SSSR count). The topological polar surface area (TPSA) is 20.2 Å². The minimum atomic E-state index is -0.447. The Hall–Kier alpha value is -0.800. The number of hydrogen-bond donors (Lipinski definition) is 1. The van der Waals surface area contributed by atoms with Crippen molar-refractivity contribution in [2.45, 2.75) is 17.4 Å². The Bertz CT molecular complexity index is 301. The summed E-state index contributed by atoms with van der Waals surface area (Å²) in [6, 6.07) is 6.56. The Morgan fingerprint density at radius 2 is 2.21 bits per heavy atom. The maximum absolute atomic E-state index is 13.1. The van der Waals surface area contributed by atoms with Crippen LogP contribution in [0, 0.1) is 5.82 Å². The lowest BCUT2D eigenvalue weighted by atomic mass is 10.3. The van der Waals surface area contributed by atoms with Gasteiger partial charge >= 0.3 is 0 Å². The highest BCUT2D eigenvalue weighted by molar-refractivity contribution is 7.99. The first kappa shape index (κ1) is 11.3. The quantitative estimate of drug-likeness (QED) is 0.598. The van der Waals surface area contributed by atoms with E-state index >= 15 is 0 Å². The molecular formula is C11H13FOS. The van der Waals surface area contributed by atoms with Crippen LogP contribution in [0.3, 0.4) is 0 Å². The molecule has 0 aliphatic rings. The van der Waals surface area contributed by atoms with E-state index in [1.54, 1.807) is 24.3 Å². The highest BCUT2D eigenvalue weighted by atomic mass is 32.2. The highest BCUT2D eigenvalue weighted by Gasteiger charge is 2.05. The van der Waals surface area contributed by atoms with Crippen LogP contribution in [0.1, 0.15) is 6.42 Å². The molecule has 0 saturated carbocycles. The molecule has 0 amide bonds. The van der Waals surface area contributed by atoms with Gasteiger partial charge in [0.1, 0.15) is 5.82 Å². The highest BCUT2D eigenvalue weighted by Crippen LogP contribution is 2.22. The molecule has 0 aliphatic carbocycles. The summed E-state index contributed by atoms with van der Waals surface area (Å²) in [5.74, 6) is 0.260. The van der Waals surface area contributed by atoms with Crippen molar-refractivity contribution in [1.82, 2.24) is 0 Å². The average Bonchev–Trinajstić information content (AvgIpc) is 2.17. The van der Waals surface area contributed by atoms with Crippen molar-refractivity contribution in [3.05, 3.63) is 42.7 Å². The van der Waals surface area contributed by atoms with Crippen LogP contribution >= 0.6 is 11.8 Å². The van der Waals surface area contributed by atoms with Crippen LogP contribution in [0.25, 0.3) is 0 Å². The Labute approximate surface area is 87.6 Å². The first-order valence-corrected chi connectivity index (χ1v) is 5.39. The maximum atomic E-state index is 13.1. The van der Waals surface area contributed by atoms with Gasteiger partial charge in [-0.1, -0.05) is 18.2 Å². The number of thioether (sulfide) groups is 1. The molecule has 3 heteroatoms. The van der Waals surface area contributed by atoms with E-state index in [2.05, 4.69) is 6.58 Å². The van der Waals surface area contributed by atoms with E-state index in [1.807, 2.05) is 0 Å². The van der Waals surface area contributed by atoms with Crippen LogP contribution in [0.15, 0.2) is 41.8 Å². The van der Waals surface area contributed by atoms with Gasteiger partial charge in [0.05, 0.1) is 6.10 Å². The van der Waals surface area contributed by atoms with E-state index in [4.69, 9.17) is 0 Å². The first-order chi connectivity index (χ1) is 6.74. The summed E-state index contributed by atoms with van der Waals surface area (Å²) in [5.41, 5.74) is 0. The first-order valence-electron chi connectivity index (χ1n) is 4.40. The molecule has 0 aliphatic heterocycles. The third-order valence-electron chi connectivity index (χ3n) is 1.71. The lowest BCUT2D eigenvalue weighted by Crippen LogP contribution is -2.07.